The van der Waals surface area contributed by atoms with Crippen molar-refractivity contribution in [3.63, 3.8) is 0 Å². The van der Waals surface area contributed by atoms with Gasteiger partial charge in [0, 0.05) is 25.4 Å². The molecule has 0 spiro atoms. The zero-order chi connectivity index (χ0) is 14.5. The van der Waals surface area contributed by atoms with E-state index in [9.17, 15) is 14.9 Å². The average molecular weight is 275 g/mol. The predicted octanol–water partition coefficient (Wildman–Crippen LogP) is 1.26. The maximum Gasteiger partial charge on any atom is 0.278 e. The first kappa shape index (κ1) is 13.9. The molecule has 0 unspecified atom stereocenters. The minimum absolute atomic E-state index is 0.0143. The maximum absolute atomic E-state index is 12.0. The average Bonchev–Trinajstić information content (AvgIpc) is 2.46. The Hall–Kier alpha value is -2.54. The molecule has 0 aliphatic carbocycles. The van der Waals surface area contributed by atoms with Crippen LogP contribution in [0.2, 0.25) is 0 Å². The number of amides is 1. The first-order valence-electron chi connectivity index (χ1n) is 6.06. The van der Waals surface area contributed by atoms with E-state index >= 15 is 0 Å². The van der Waals surface area contributed by atoms with Gasteiger partial charge in [-0.3, -0.25) is 19.9 Å². The van der Waals surface area contributed by atoms with Crippen molar-refractivity contribution in [1.29, 1.82) is 0 Å². The normalized spacial score (nSPS) is 10.4. The molecule has 0 atom stereocenters. The van der Waals surface area contributed by atoms with Crippen LogP contribution in [0.15, 0.2) is 30.5 Å². The van der Waals surface area contributed by atoms with E-state index in [0.717, 1.165) is 0 Å². The van der Waals surface area contributed by atoms with Crippen molar-refractivity contribution in [1.82, 2.24) is 10.3 Å². The summed E-state index contributed by atoms with van der Waals surface area (Å²) in [5.74, 6) is -0.364. The molecular formula is C13H13N3O4. The third kappa shape index (κ3) is 2.72. The number of benzene rings is 1. The monoisotopic (exact) mass is 275 g/mol. The van der Waals surface area contributed by atoms with Crippen molar-refractivity contribution < 1.29 is 14.8 Å². The lowest BCUT2D eigenvalue weighted by molar-refractivity contribution is -0.383. The molecule has 2 aromatic rings. The number of aliphatic hydroxyl groups is 1. The van der Waals surface area contributed by atoms with Crippen molar-refractivity contribution in [2.24, 2.45) is 0 Å². The minimum atomic E-state index is -0.503. The topological polar surface area (TPSA) is 105 Å². The van der Waals surface area contributed by atoms with Crippen LogP contribution < -0.4 is 5.32 Å². The molecule has 1 amide bonds. The number of hydrogen-bond acceptors (Lipinski definition) is 5. The Kier molecular flexibility index (Phi) is 4.21. The maximum atomic E-state index is 12.0. The molecule has 1 heterocycles. The van der Waals surface area contributed by atoms with Crippen LogP contribution >= 0.6 is 0 Å². The van der Waals surface area contributed by atoms with E-state index in [-0.39, 0.29) is 23.8 Å². The number of pyridine rings is 1. The number of carbonyl (C=O) groups excluding carboxylic acids is 1. The Balaban J connectivity index is 2.43. The number of aromatic nitrogens is 1. The summed E-state index contributed by atoms with van der Waals surface area (Å²) in [6, 6.07) is 5.83. The van der Waals surface area contributed by atoms with Gasteiger partial charge in [0.25, 0.3) is 11.6 Å². The van der Waals surface area contributed by atoms with Gasteiger partial charge in [0.2, 0.25) is 0 Å². The van der Waals surface area contributed by atoms with Crippen LogP contribution in [0.3, 0.4) is 0 Å². The van der Waals surface area contributed by atoms with E-state index in [1.807, 2.05) is 0 Å². The summed E-state index contributed by atoms with van der Waals surface area (Å²) in [7, 11) is 0. The van der Waals surface area contributed by atoms with Gasteiger partial charge in [0.05, 0.1) is 21.4 Å². The molecule has 0 aliphatic heterocycles. The van der Waals surface area contributed by atoms with Gasteiger partial charge in [0.1, 0.15) is 0 Å². The standard InChI is InChI=1S/C13H13N3O4/c17-8-2-7-15-13(18)10-4-5-11(16(19)20)9-3-1-6-14-12(9)10/h1,3-6,17H,2,7-8H2,(H,15,18). The van der Waals surface area contributed by atoms with E-state index in [1.165, 1.54) is 18.3 Å². The number of fused-ring (bicyclic) bond motifs is 1. The van der Waals surface area contributed by atoms with Crippen LogP contribution in [0, 0.1) is 10.1 Å². The number of aliphatic hydroxyl groups excluding tert-OH is 1. The van der Waals surface area contributed by atoms with E-state index in [2.05, 4.69) is 10.3 Å². The quantitative estimate of drug-likeness (QED) is 0.485. The highest BCUT2D eigenvalue weighted by molar-refractivity contribution is 6.07. The van der Waals surface area contributed by atoms with Crippen LogP contribution in [0.4, 0.5) is 5.69 Å². The van der Waals surface area contributed by atoms with Crippen LogP contribution in [0.5, 0.6) is 0 Å². The number of rotatable bonds is 5. The van der Waals surface area contributed by atoms with E-state index in [0.29, 0.717) is 23.9 Å². The summed E-state index contributed by atoms with van der Waals surface area (Å²) < 4.78 is 0. The molecule has 20 heavy (non-hydrogen) atoms. The molecule has 1 aromatic carbocycles. The molecule has 0 aliphatic rings. The lowest BCUT2D eigenvalue weighted by atomic mass is 10.1. The van der Waals surface area contributed by atoms with Gasteiger partial charge in [-0.2, -0.15) is 0 Å². The van der Waals surface area contributed by atoms with Crippen LogP contribution in [-0.2, 0) is 0 Å². The van der Waals surface area contributed by atoms with Crippen molar-refractivity contribution in [3.8, 4) is 0 Å². The van der Waals surface area contributed by atoms with Crippen molar-refractivity contribution in [3.05, 3.63) is 46.1 Å². The van der Waals surface area contributed by atoms with Gasteiger partial charge < -0.3 is 10.4 Å². The second-order valence-electron chi connectivity index (χ2n) is 4.12. The third-order valence-electron chi connectivity index (χ3n) is 2.81. The Bertz CT molecular complexity index is 657. The number of nitro benzene ring substituents is 1. The van der Waals surface area contributed by atoms with Gasteiger partial charge >= 0.3 is 0 Å². The molecule has 0 radical (unpaired) electrons. The number of hydrogen-bond donors (Lipinski definition) is 2. The highest BCUT2D eigenvalue weighted by atomic mass is 16.6. The molecule has 0 saturated heterocycles. The second-order valence-corrected chi connectivity index (χ2v) is 4.12. The van der Waals surface area contributed by atoms with Crippen molar-refractivity contribution in [2.45, 2.75) is 6.42 Å². The first-order chi connectivity index (χ1) is 9.65. The van der Waals surface area contributed by atoms with Crippen molar-refractivity contribution in [2.75, 3.05) is 13.2 Å². The summed E-state index contributed by atoms with van der Waals surface area (Å²) in [5, 5.41) is 22.6. The number of carbonyl (C=O) groups is 1. The zero-order valence-corrected chi connectivity index (χ0v) is 10.6. The molecule has 104 valence electrons. The Morgan fingerprint density at radius 1 is 1.40 bits per heavy atom. The smallest absolute Gasteiger partial charge is 0.278 e. The molecule has 2 N–H and O–H groups in total. The Labute approximate surface area is 114 Å². The van der Waals surface area contributed by atoms with E-state index in [4.69, 9.17) is 5.11 Å². The Morgan fingerprint density at radius 3 is 2.90 bits per heavy atom. The summed E-state index contributed by atoms with van der Waals surface area (Å²) in [5.41, 5.74) is 0.493. The van der Waals surface area contributed by atoms with Crippen LogP contribution in [0.1, 0.15) is 16.8 Å². The fourth-order valence-electron chi connectivity index (χ4n) is 1.88. The van der Waals surface area contributed by atoms with Gasteiger partial charge in [-0.05, 0) is 24.6 Å². The van der Waals surface area contributed by atoms with E-state index in [1.54, 1.807) is 12.1 Å². The van der Waals surface area contributed by atoms with Gasteiger partial charge in [-0.15, -0.1) is 0 Å². The summed E-state index contributed by atoms with van der Waals surface area (Å²) in [6.07, 6.45) is 1.93. The molecule has 7 nitrogen and oxygen atoms in total. The molecule has 2 rings (SSSR count). The summed E-state index contributed by atoms with van der Waals surface area (Å²) in [4.78, 5) is 26.5. The third-order valence-corrected chi connectivity index (χ3v) is 2.81. The summed E-state index contributed by atoms with van der Waals surface area (Å²) >= 11 is 0. The lowest BCUT2D eigenvalue weighted by Gasteiger charge is -2.07. The van der Waals surface area contributed by atoms with Crippen molar-refractivity contribution >= 4 is 22.5 Å². The molecule has 0 fully saturated rings. The van der Waals surface area contributed by atoms with Crippen LogP contribution in [-0.4, -0.2) is 34.1 Å². The van der Waals surface area contributed by atoms with E-state index < -0.39 is 4.92 Å². The minimum Gasteiger partial charge on any atom is -0.396 e. The van der Waals surface area contributed by atoms with Gasteiger partial charge in [-0.25, -0.2) is 0 Å². The number of nitrogens with one attached hydrogen (secondary N) is 1. The highest BCUT2D eigenvalue weighted by Crippen LogP contribution is 2.26. The fraction of sp³-hybridized carbons (Fsp3) is 0.231. The SMILES string of the molecule is O=C(NCCCO)c1ccc([N+](=O)[O-])c2cccnc12. The highest BCUT2D eigenvalue weighted by Gasteiger charge is 2.18. The molecule has 0 bridgehead atoms. The lowest BCUT2D eigenvalue weighted by Crippen LogP contribution is -2.25. The largest absolute Gasteiger partial charge is 0.396 e. The zero-order valence-electron chi connectivity index (χ0n) is 10.6. The fourth-order valence-corrected chi connectivity index (χ4v) is 1.88. The molecule has 1 aromatic heterocycles. The number of nitro groups is 1. The molecule has 0 saturated carbocycles. The van der Waals surface area contributed by atoms with Gasteiger partial charge in [-0.1, -0.05) is 0 Å². The Morgan fingerprint density at radius 2 is 2.20 bits per heavy atom. The second kappa shape index (κ2) is 6.07. The number of nitrogens with zero attached hydrogens (tertiary/aromatic N) is 2. The van der Waals surface area contributed by atoms with Crippen LogP contribution in [0.25, 0.3) is 10.9 Å². The summed E-state index contributed by atoms with van der Waals surface area (Å²) in [6.45, 7) is 0.320. The first-order valence-corrected chi connectivity index (χ1v) is 6.06. The molecule has 7 heteroatoms. The predicted molar refractivity (Wildman–Crippen MR) is 72.4 cm³/mol. The number of non-ortho nitro benzene ring substituents is 1. The molecular weight excluding hydrogens is 262 g/mol. The van der Waals surface area contributed by atoms with Gasteiger partial charge in [0.15, 0.2) is 0 Å².